The van der Waals surface area contributed by atoms with Crippen LogP contribution in [0.15, 0.2) is 55.1 Å². The van der Waals surface area contributed by atoms with E-state index in [0.717, 1.165) is 5.56 Å². The highest BCUT2D eigenvalue weighted by molar-refractivity contribution is 5.97. The lowest BCUT2D eigenvalue weighted by Crippen LogP contribution is -2.58. The summed E-state index contributed by atoms with van der Waals surface area (Å²) < 4.78 is 19.8. The van der Waals surface area contributed by atoms with Gasteiger partial charge in [0.15, 0.2) is 0 Å². The summed E-state index contributed by atoms with van der Waals surface area (Å²) >= 11 is 0. The van der Waals surface area contributed by atoms with Crippen LogP contribution in [0.1, 0.15) is 42.1 Å². The molecule has 1 N–H and O–H groups in total. The maximum atomic E-state index is 13.3. The van der Waals surface area contributed by atoms with Crippen LogP contribution in [0.3, 0.4) is 0 Å². The molecule has 0 saturated carbocycles. The van der Waals surface area contributed by atoms with Crippen molar-refractivity contribution in [3.8, 4) is 17.2 Å². The van der Waals surface area contributed by atoms with Crippen LogP contribution in [0, 0.1) is 0 Å². The number of fused-ring (bicyclic) bond motifs is 5. The van der Waals surface area contributed by atoms with Gasteiger partial charge in [-0.3, -0.25) is 19.1 Å². The van der Waals surface area contributed by atoms with E-state index in [-0.39, 0.29) is 30.4 Å². The number of piperidine rings is 1. The minimum absolute atomic E-state index is 0.0112. The molecule has 0 spiro atoms. The lowest BCUT2D eigenvalue weighted by Gasteiger charge is -2.39. The monoisotopic (exact) mass is 576 g/mol. The predicted octanol–water partition coefficient (Wildman–Crippen LogP) is 2.64. The number of likely N-dealkylation sites (tertiary alicyclic amines) is 1. The van der Waals surface area contributed by atoms with Crippen LogP contribution in [-0.2, 0) is 27.5 Å². The minimum Gasteiger partial charge on any atom is -0.494 e. The van der Waals surface area contributed by atoms with Gasteiger partial charge in [0.25, 0.3) is 5.91 Å². The Kier molecular flexibility index (Phi) is 9.32. The molecule has 3 aromatic rings. The second kappa shape index (κ2) is 13.5. The van der Waals surface area contributed by atoms with Crippen LogP contribution >= 0.6 is 0 Å². The van der Waals surface area contributed by atoms with Crippen molar-refractivity contribution in [2.45, 2.75) is 51.5 Å². The molecular weight excluding hydrogens is 540 g/mol. The molecule has 12 heteroatoms. The van der Waals surface area contributed by atoms with E-state index in [0.29, 0.717) is 74.9 Å². The molecule has 5 rings (SSSR count). The summed E-state index contributed by atoms with van der Waals surface area (Å²) in [6.07, 6.45) is 4.34. The highest BCUT2D eigenvalue weighted by Crippen LogP contribution is 2.29. The molecular formula is C30H36N6O6. The molecule has 222 valence electrons. The van der Waals surface area contributed by atoms with Gasteiger partial charge in [-0.25, -0.2) is 4.98 Å². The third-order valence-corrected chi connectivity index (χ3v) is 7.26. The van der Waals surface area contributed by atoms with Gasteiger partial charge in [0.1, 0.15) is 29.9 Å². The first-order valence-electron chi connectivity index (χ1n) is 14.2. The number of hydrogen-bond acceptors (Lipinski definition) is 8. The Morgan fingerprint density at radius 2 is 2.05 bits per heavy atom. The molecule has 2 aliphatic heterocycles. The number of carbonyl (C=O) groups excluding carboxylic acids is 3. The van der Waals surface area contributed by atoms with Crippen LogP contribution < -0.4 is 14.8 Å². The number of carbonyl (C=O) groups is 3. The van der Waals surface area contributed by atoms with E-state index in [1.54, 1.807) is 41.2 Å². The predicted molar refractivity (Wildman–Crippen MR) is 152 cm³/mol. The standard InChI is InChI=1S/C30H36N6O6/c1-3-40-24-13-22-14-25(15-24)42-23-7-4-6-21(12-23)18-41-27-9-11-35(29(38)8-5-10-36-20-31-19-32-36)16-26(27)33-28(37)17-34(2)30(22)39/h4,6-7,12-15,19-20,26-27H,3,5,8-11,16-18H2,1-2H3,(H,33,37)/t26-,27+/m0/s1. The fourth-order valence-electron chi connectivity index (χ4n) is 5.20. The largest absolute Gasteiger partial charge is 0.494 e. The summed E-state index contributed by atoms with van der Waals surface area (Å²) in [7, 11) is 1.57. The van der Waals surface area contributed by atoms with Gasteiger partial charge in [-0.2, -0.15) is 5.10 Å². The second-order valence-corrected chi connectivity index (χ2v) is 10.5. The van der Waals surface area contributed by atoms with E-state index >= 15 is 0 Å². The van der Waals surface area contributed by atoms with Crippen LogP contribution in [0.25, 0.3) is 0 Å². The lowest BCUT2D eigenvalue weighted by molar-refractivity contribution is -0.137. The van der Waals surface area contributed by atoms with Crippen LogP contribution in [-0.4, -0.2) is 87.7 Å². The summed E-state index contributed by atoms with van der Waals surface area (Å²) in [6, 6.07) is 12.1. The number of likely N-dealkylation sites (N-methyl/N-ethyl adjacent to an activating group) is 1. The van der Waals surface area contributed by atoms with Gasteiger partial charge in [0.2, 0.25) is 11.8 Å². The van der Waals surface area contributed by atoms with Crippen molar-refractivity contribution in [1.82, 2.24) is 29.9 Å². The van der Waals surface area contributed by atoms with E-state index in [1.165, 1.54) is 11.2 Å². The van der Waals surface area contributed by atoms with Crippen molar-refractivity contribution in [2.24, 2.45) is 0 Å². The Balaban J connectivity index is 1.34. The molecule has 3 amide bonds. The molecule has 1 aromatic heterocycles. The zero-order valence-corrected chi connectivity index (χ0v) is 23.9. The molecule has 42 heavy (non-hydrogen) atoms. The molecule has 1 saturated heterocycles. The number of aromatic nitrogens is 3. The first-order valence-corrected chi connectivity index (χ1v) is 14.2. The topological polar surface area (TPSA) is 128 Å². The number of benzene rings is 2. The first-order chi connectivity index (χ1) is 20.4. The quantitative estimate of drug-likeness (QED) is 0.475. The van der Waals surface area contributed by atoms with Crippen molar-refractivity contribution in [3.05, 3.63) is 66.2 Å². The second-order valence-electron chi connectivity index (χ2n) is 10.5. The fraction of sp³-hybridized carbons (Fsp3) is 0.433. The number of amides is 3. The van der Waals surface area contributed by atoms with Crippen molar-refractivity contribution < 1.29 is 28.6 Å². The summed E-state index contributed by atoms with van der Waals surface area (Å²) in [5.74, 6) is 0.866. The van der Waals surface area contributed by atoms with E-state index in [4.69, 9.17) is 14.2 Å². The van der Waals surface area contributed by atoms with Crippen molar-refractivity contribution in [1.29, 1.82) is 0 Å². The Morgan fingerprint density at radius 1 is 1.17 bits per heavy atom. The van der Waals surface area contributed by atoms with E-state index < -0.39 is 6.04 Å². The minimum atomic E-state index is -0.436. The maximum Gasteiger partial charge on any atom is 0.254 e. The van der Waals surface area contributed by atoms with E-state index in [1.807, 2.05) is 31.2 Å². The Hall–Kier alpha value is -4.45. The number of rotatable bonds is 6. The lowest BCUT2D eigenvalue weighted by atomic mass is 10.0. The zero-order chi connectivity index (χ0) is 29.5. The van der Waals surface area contributed by atoms with E-state index in [2.05, 4.69) is 15.4 Å². The van der Waals surface area contributed by atoms with Crippen LogP contribution in [0.4, 0.5) is 0 Å². The smallest absolute Gasteiger partial charge is 0.254 e. The SMILES string of the molecule is CCOc1cc2cc(c1)C(=O)N(C)CC(=O)N[C@H]1CN(C(=O)CCCn3cncn3)CC[C@H]1OCc1cccc(c1)O2. The summed E-state index contributed by atoms with van der Waals surface area (Å²) in [6.45, 7) is 3.87. The first kappa shape index (κ1) is 29.1. The van der Waals surface area contributed by atoms with Gasteiger partial charge < -0.3 is 29.3 Å². The van der Waals surface area contributed by atoms with Crippen molar-refractivity contribution >= 4 is 17.7 Å². The Labute approximate surface area is 244 Å². The molecule has 12 nitrogen and oxygen atoms in total. The average molecular weight is 577 g/mol. The van der Waals surface area contributed by atoms with Crippen LogP contribution in [0.5, 0.6) is 17.2 Å². The fourth-order valence-corrected chi connectivity index (χ4v) is 5.20. The van der Waals surface area contributed by atoms with Crippen LogP contribution in [0.2, 0.25) is 0 Å². The number of ether oxygens (including phenoxy) is 3. The van der Waals surface area contributed by atoms with E-state index in [9.17, 15) is 14.4 Å². The Morgan fingerprint density at radius 3 is 2.86 bits per heavy atom. The molecule has 2 aliphatic rings. The molecule has 1 fully saturated rings. The summed E-state index contributed by atoms with van der Waals surface area (Å²) in [5, 5.41) is 7.11. The molecule has 0 aliphatic carbocycles. The molecule has 3 heterocycles. The number of hydrogen-bond donors (Lipinski definition) is 1. The Bertz CT molecular complexity index is 1400. The molecule has 0 radical (unpaired) electrons. The summed E-state index contributed by atoms with van der Waals surface area (Å²) in [4.78, 5) is 46.6. The number of nitrogens with one attached hydrogen (secondary N) is 1. The number of nitrogens with zero attached hydrogens (tertiary/aromatic N) is 5. The number of aryl methyl sites for hydroxylation is 1. The van der Waals surface area contributed by atoms with Gasteiger partial charge in [-0.15, -0.1) is 0 Å². The maximum absolute atomic E-state index is 13.3. The normalized spacial score (nSPS) is 19.5. The zero-order valence-electron chi connectivity index (χ0n) is 23.9. The highest BCUT2D eigenvalue weighted by Gasteiger charge is 2.33. The molecule has 4 bridgehead atoms. The average Bonchev–Trinajstić information content (AvgIpc) is 3.49. The third kappa shape index (κ3) is 7.43. The van der Waals surface area contributed by atoms with Gasteiger partial charge in [-0.1, -0.05) is 12.1 Å². The van der Waals surface area contributed by atoms with Gasteiger partial charge in [0, 0.05) is 44.7 Å². The molecule has 2 aromatic carbocycles. The van der Waals surface area contributed by atoms with Gasteiger partial charge >= 0.3 is 0 Å². The molecule has 2 atom stereocenters. The van der Waals surface area contributed by atoms with Crippen molar-refractivity contribution in [3.63, 3.8) is 0 Å². The molecule has 0 unspecified atom stereocenters. The van der Waals surface area contributed by atoms with Crippen molar-refractivity contribution in [2.75, 3.05) is 33.3 Å². The third-order valence-electron chi connectivity index (χ3n) is 7.26. The van der Waals surface area contributed by atoms with Gasteiger partial charge in [-0.05, 0) is 49.6 Å². The highest BCUT2D eigenvalue weighted by atomic mass is 16.5. The van der Waals surface area contributed by atoms with Gasteiger partial charge in [0.05, 0.1) is 31.9 Å². The summed E-state index contributed by atoms with van der Waals surface area (Å²) in [5.41, 5.74) is 1.24.